The number of halogens is 1. The molecular formula is C12H17ClN2O3S. The highest BCUT2D eigenvalue weighted by molar-refractivity contribution is 7.88. The number of β-amino-alcohol motifs (C(OH)–C–C–N with tert-alkyl or cyclic N) is 1. The van der Waals surface area contributed by atoms with Crippen LogP contribution in [0.3, 0.4) is 0 Å². The van der Waals surface area contributed by atoms with Crippen LogP contribution in [0.25, 0.3) is 0 Å². The number of hydrogen-bond acceptors (Lipinski definition) is 4. The average Bonchev–Trinajstić information content (AvgIpc) is 2.30. The minimum absolute atomic E-state index is 0.0932. The fourth-order valence-corrected chi connectivity index (χ4v) is 3.18. The summed E-state index contributed by atoms with van der Waals surface area (Å²) < 4.78 is 24.4. The van der Waals surface area contributed by atoms with Gasteiger partial charge in [0.2, 0.25) is 10.0 Å². The molecule has 2 N–H and O–H groups in total. The highest BCUT2D eigenvalue weighted by atomic mass is 35.5. The molecular weight excluding hydrogens is 288 g/mol. The van der Waals surface area contributed by atoms with Crippen molar-refractivity contribution in [2.24, 2.45) is 0 Å². The van der Waals surface area contributed by atoms with E-state index in [1.54, 1.807) is 12.1 Å². The largest absolute Gasteiger partial charge is 0.377 e. The highest BCUT2D eigenvalue weighted by Gasteiger charge is 2.30. The number of piperazine rings is 1. The molecule has 5 nitrogen and oxygen atoms in total. The molecule has 1 aliphatic rings. The Balaban J connectivity index is 2.06. The van der Waals surface area contributed by atoms with Crippen molar-refractivity contribution in [2.45, 2.75) is 18.7 Å². The van der Waals surface area contributed by atoms with Crippen molar-refractivity contribution in [1.82, 2.24) is 9.62 Å². The third-order valence-electron chi connectivity index (χ3n) is 3.09. The summed E-state index contributed by atoms with van der Waals surface area (Å²) in [6, 6.07) is 7.28. The van der Waals surface area contributed by atoms with Crippen LogP contribution in [0.5, 0.6) is 0 Å². The minimum Gasteiger partial charge on any atom is -0.377 e. The molecule has 0 saturated carbocycles. The molecule has 0 radical (unpaired) electrons. The SMILES string of the molecule is CS(=O)(=O)N1CC(O)N[C@@H](Cc2ccc(Cl)cc2)C1. The Bertz CT molecular complexity index is 532. The third-order valence-corrected chi connectivity index (χ3v) is 4.58. The number of aliphatic hydroxyl groups is 1. The second-order valence-corrected chi connectivity index (χ2v) is 7.21. The molecule has 7 heteroatoms. The van der Waals surface area contributed by atoms with Gasteiger partial charge in [0.25, 0.3) is 0 Å². The zero-order valence-corrected chi connectivity index (χ0v) is 12.2. The molecule has 19 heavy (non-hydrogen) atoms. The monoisotopic (exact) mass is 304 g/mol. The molecule has 1 saturated heterocycles. The van der Waals surface area contributed by atoms with Crippen LogP contribution in [0, 0.1) is 0 Å². The topological polar surface area (TPSA) is 69.6 Å². The molecule has 1 unspecified atom stereocenters. The van der Waals surface area contributed by atoms with Crippen LogP contribution in [0.1, 0.15) is 5.56 Å². The lowest BCUT2D eigenvalue weighted by atomic mass is 10.0. The van der Waals surface area contributed by atoms with Crippen molar-refractivity contribution in [3.8, 4) is 0 Å². The summed E-state index contributed by atoms with van der Waals surface area (Å²) in [5.41, 5.74) is 1.05. The first-order chi connectivity index (χ1) is 8.84. The van der Waals surface area contributed by atoms with Crippen LogP contribution in [0.15, 0.2) is 24.3 Å². The van der Waals surface area contributed by atoms with E-state index in [1.165, 1.54) is 4.31 Å². The normalized spacial score (nSPS) is 25.4. The van der Waals surface area contributed by atoms with Gasteiger partial charge in [0, 0.05) is 17.6 Å². The highest BCUT2D eigenvalue weighted by Crippen LogP contribution is 2.14. The van der Waals surface area contributed by atoms with E-state index < -0.39 is 16.3 Å². The van der Waals surface area contributed by atoms with E-state index in [2.05, 4.69) is 5.32 Å². The van der Waals surface area contributed by atoms with Crippen LogP contribution >= 0.6 is 11.6 Å². The maximum Gasteiger partial charge on any atom is 0.211 e. The molecule has 1 aromatic rings. The van der Waals surface area contributed by atoms with Gasteiger partial charge in [-0.1, -0.05) is 23.7 Å². The molecule has 0 spiro atoms. The van der Waals surface area contributed by atoms with E-state index in [-0.39, 0.29) is 12.6 Å². The van der Waals surface area contributed by atoms with Gasteiger partial charge in [-0.05, 0) is 24.1 Å². The lowest BCUT2D eigenvalue weighted by molar-refractivity contribution is 0.0647. The van der Waals surface area contributed by atoms with Crippen molar-refractivity contribution >= 4 is 21.6 Å². The van der Waals surface area contributed by atoms with E-state index in [0.717, 1.165) is 11.8 Å². The second kappa shape index (κ2) is 5.76. The van der Waals surface area contributed by atoms with E-state index in [0.29, 0.717) is 18.0 Å². The van der Waals surface area contributed by atoms with E-state index in [9.17, 15) is 13.5 Å². The zero-order valence-electron chi connectivity index (χ0n) is 10.6. The lowest BCUT2D eigenvalue weighted by Crippen LogP contribution is -2.58. The Morgan fingerprint density at radius 2 is 2.00 bits per heavy atom. The quantitative estimate of drug-likeness (QED) is 0.850. The molecule has 106 valence electrons. The van der Waals surface area contributed by atoms with Gasteiger partial charge in [-0.25, -0.2) is 8.42 Å². The first-order valence-electron chi connectivity index (χ1n) is 5.98. The summed E-state index contributed by atoms with van der Waals surface area (Å²) in [5, 5.41) is 13.4. The maximum absolute atomic E-state index is 11.5. The van der Waals surface area contributed by atoms with Gasteiger partial charge in [0.1, 0.15) is 6.23 Å². The predicted octanol–water partition coefficient (Wildman–Crippen LogP) is 0.434. The van der Waals surface area contributed by atoms with E-state index in [1.807, 2.05) is 12.1 Å². The van der Waals surface area contributed by atoms with E-state index in [4.69, 9.17) is 11.6 Å². The molecule has 0 amide bonds. The van der Waals surface area contributed by atoms with Crippen LogP contribution in [-0.4, -0.2) is 49.4 Å². The standard InChI is InChI=1S/C12H17ClN2O3S/c1-19(17,18)15-7-11(14-12(16)8-15)6-9-2-4-10(13)5-3-9/h2-5,11-12,14,16H,6-8H2,1H3/t11-,12?/m0/s1. The summed E-state index contributed by atoms with van der Waals surface area (Å²) in [6.45, 7) is 0.453. The summed E-state index contributed by atoms with van der Waals surface area (Å²) in [5.74, 6) is 0. The summed E-state index contributed by atoms with van der Waals surface area (Å²) in [7, 11) is -3.28. The van der Waals surface area contributed by atoms with Gasteiger partial charge in [0.05, 0.1) is 12.8 Å². The molecule has 2 atom stereocenters. The van der Waals surface area contributed by atoms with Gasteiger partial charge in [-0.3, -0.25) is 5.32 Å². The first kappa shape index (κ1) is 14.7. The smallest absolute Gasteiger partial charge is 0.211 e. The van der Waals surface area contributed by atoms with Crippen molar-refractivity contribution in [2.75, 3.05) is 19.3 Å². The molecule has 1 aromatic carbocycles. The van der Waals surface area contributed by atoms with Gasteiger partial charge in [-0.15, -0.1) is 0 Å². The summed E-state index contributed by atoms with van der Waals surface area (Å²) in [4.78, 5) is 0. The Morgan fingerprint density at radius 1 is 1.37 bits per heavy atom. The number of rotatable bonds is 3. The van der Waals surface area contributed by atoms with Gasteiger partial charge in [0.15, 0.2) is 0 Å². The Hall–Kier alpha value is -0.660. The van der Waals surface area contributed by atoms with Crippen molar-refractivity contribution in [3.63, 3.8) is 0 Å². The molecule has 0 aromatic heterocycles. The van der Waals surface area contributed by atoms with Crippen LogP contribution in [-0.2, 0) is 16.4 Å². The van der Waals surface area contributed by atoms with Gasteiger partial charge < -0.3 is 5.11 Å². The van der Waals surface area contributed by atoms with Crippen molar-refractivity contribution in [1.29, 1.82) is 0 Å². The van der Waals surface area contributed by atoms with Crippen LogP contribution in [0.4, 0.5) is 0 Å². The Morgan fingerprint density at radius 3 is 2.58 bits per heavy atom. The summed E-state index contributed by atoms with van der Waals surface area (Å²) in [6.07, 6.45) is 0.964. The number of nitrogens with zero attached hydrogens (tertiary/aromatic N) is 1. The average molecular weight is 305 g/mol. The molecule has 1 heterocycles. The van der Waals surface area contributed by atoms with Crippen LogP contribution in [0.2, 0.25) is 5.02 Å². The fraction of sp³-hybridized carbons (Fsp3) is 0.500. The van der Waals surface area contributed by atoms with Crippen molar-refractivity contribution in [3.05, 3.63) is 34.9 Å². The minimum atomic E-state index is -3.28. The fourth-order valence-electron chi connectivity index (χ4n) is 2.19. The molecule has 1 aliphatic heterocycles. The molecule has 1 fully saturated rings. The second-order valence-electron chi connectivity index (χ2n) is 4.79. The Kier molecular flexibility index (Phi) is 4.47. The maximum atomic E-state index is 11.5. The van der Waals surface area contributed by atoms with E-state index >= 15 is 0 Å². The predicted molar refractivity (Wildman–Crippen MR) is 74.5 cm³/mol. The third kappa shape index (κ3) is 4.15. The number of nitrogens with one attached hydrogen (secondary N) is 1. The molecule has 0 bridgehead atoms. The number of benzene rings is 1. The lowest BCUT2D eigenvalue weighted by Gasteiger charge is -2.35. The van der Waals surface area contributed by atoms with Gasteiger partial charge >= 0.3 is 0 Å². The molecule has 0 aliphatic carbocycles. The van der Waals surface area contributed by atoms with Gasteiger partial charge in [-0.2, -0.15) is 4.31 Å². The zero-order chi connectivity index (χ0) is 14.0. The number of aliphatic hydroxyl groups excluding tert-OH is 1. The van der Waals surface area contributed by atoms with Crippen molar-refractivity contribution < 1.29 is 13.5 Å². The number of sulfonamides is 1. The Labute approximate surface area is 118 Å². The van der Waals surface area contributed by atoms with Crippen LogP contribution < -0.4 is 5.32 Å². The molecule has 2 rings (SSSR count). The first-order valence-corrected chi connectivity index (χ1v) is 8.21. The summed E-state index contributed by atoms with van der Waals surface area (Å²) >= 11 is 5.82. The number of hydrogen-bond donors (Lipinski definition) is 2.